The second-order valence-electron chi connectivity index (χ2n) is 4.13. The number of rotatable bonds is 2. The van der Waals surface area contributed by atoms with Gasteiger partial charge in [-0.1, -0.05) is 11.6 Å². The summed E-state index contributed by atoms with van der Waals surface area (Å²) in [6.07, 6.45) is 4.53. The first-order chi connectivity index (χ1) is 6.18. The molecular formula is C11H20FN. The molecule has 0 N–H and O–H groups in total. The van der Waals surface area contributed by atoms with Crippen molar-refractivity contribution in [3.63, 3.8) is 0 Å². The third-order valence-corrected chi connectivity index (χ3v) is 2.46. The molecule has 1 nitrogen and oxygen atoms in total. The van der Waals surface area contributed by atoms with Gasteiger partial charge in [-0.2, -0.15) is 0 Å². The van der Waals surface area contributed by atoms with Gasteiger partial charge in [0.1, 0.15) is 6.17 Å². The zero-order valence-electron chi connectivity index (χ0n) is 8.72. The Balaban J connectivity index is 2.35. The first-order valence-corrected chi connectivity index (χ1v) is 5.18. The fourth-order valence-electron chi connectivity index (χ4n) is 1.64. The van der Waals surface area contributed by atoms with Gasteiger partial charge in [-0.3, -0.25) is 4.90 Å². The fourth-order valence-corrected chi connectivity index (χ4v) is 1.64. The van der Waals surface area contributed by atoms with E-state index in [0.29, 0.717) is 6.54 Å². The molecule has 1 rings (SSSR count). The van der Waals surface area contributed by atoms with Crippen LogP contribution in [0.1, 0.15) is 33.1 Å². The Bertz CT molecular complexity index is 173. The average molecular weight is 185 g/mol. The third kappa shape index (κ3) is 4.41. The highest BCUT2D eigenvalue weighted by Crippen LogP contribution is 2.13. The van der Waals surface area contributed by atoms with E-state index in [1.807, 2.05) is 0 Å². The van der Waals surface area contributed by atoms with Gasteiger partial charge in [0.15, 0.2) is 0 Å². The molecule has 0 bridgehead atoms. The van der Waals surface area contributed by atoms with Gasteiger partial charge in [0, 0.05) is 13.1 Å². The molecular weight excluding hydrogens is 165 g/mol. The van der Waals surface area contributed by atoms with Crippen molar-refractivity contribution in [3.05, 3.63) is 11.6 Å². The van der Waals surface area contributed by atoms with Gasteiger partial charge in [0.05, 0.1) is 0 Å². The number of nitrogens with zero attached hydrogens (tertiary/aromatic N) is 1. The summed E-state index contributed by atoms with van der Waals surface area (Å²) in [5.74, 6) is 0. The summed E-state index contributed by atoms with van der Waals surface area (Å²) in [7, 11) is 0. The van der Waals surface area contributed by atoms with E-state index >= 15 is 0 Å². The predicted octanol–water partition coefficient (Wildman–Crippen LogP) is 2.78. The van der Waals surface area contributed by atoms with E-state index in [9.17, 15) is 4.39 Å². The zero-order chi connectivity index (χ0) is 9.68. The minimum atomic E-state index is -0.604. The van der Waals surface area contributed by atoms with Crippen molar-refractivity contribution in [1.82, 2.24) is 4.90 Å². The highest BCUT2D eigenvalue weighted by molar-refractivity contribution is 4.95. The van der Waals surface area contributed by atoms with Crippen LogP contribution in [-0.4, -0.2) is 30.7 Å². The second kappa shape index (κ2) is 5.38. The van der Waals surface area contributed by atoms with Crippen LogP contribution in [0.25, 0.3) is 0 Å². The molecule has 1 heterocycles. The maximum Gasteiger partial charge on any atom is 0.113 e. The first kappa shape index (κ1) is 10.7. The summed E-state index contributed by atoms with van der Waals surface area (Å²) >= 11 is 0. The summed E-state index contributed by atoms with van der Waals surface area (Å²) in [6, 6.07) is 0. The standard InChI is InChI=1S/C11H20FN/c1-10(2)6-8-13-7-4-3-5-11(12)9-13/h6,11H,3-5,7-9H2,1-2H3. The van der Waals surface area contributed by atoms with Crippen molar-refractivity contribution < 1.29 is 4.39 Å². The maximum absolute atomic E-state index is 13.2. The Labute approximate surface area is 80.6 Å². The van der Waals surface area contributed by atoms with Gasteiger partial charge in [-0.25, -0.2) is 4.39 Å². The van der Waals surface area contributed by atoms with E-state index in [1.54, 1.807) is 0 Å². The van der Waals surface area contributed by atoms with Crippen LogP contribution in [-0.2, 0) is 0 Å². The number of alkyl halides is 1. The predicted molar refractivity (Wildman–Crippen MR) is 54.6 cm³/mol. The first-order valence-electron chi connectivity index (χ1n) is 5.18. The quantitative estimate of drug-likeness (QED) is 0.598. The fraction of sp³-hybridized carbons (Fsp3) is 0.818. The minimum Gasteiger partial charge on any atom is -0.297 e. The SMILES string of the molecule is CC(C)=CCN1CCCCC(F)C1. The minimum absolute atomic E-state index is 0.604. The van der Waals surface area contributed by atoms with E-state index < -0.39 is 6.17 Å². The largest absolute Gasteiger partial charge is 0.297 e. The molecule has 1 aliphatic rings. The van der Waals surface area contributed by atoms with Gasteiger partial charge in [0.25, 0.3) is 0 Å². The van der Waals surface area contributed by atoms with Crippen LogP contribution >= 0.6 is 0 Å². The van der Waals surface area contributed by atoms with E-state index in [0.717, 1.165) is 32.4 Å². The van der Waals surface area contributed by atoms with Crippen LogP contribution in [0.4, 0.5) is 4.39 Å². The van der Waals surface area contributed by atoms with E-state index in [4.69, 9.17) is 0 Å². The lowest BCUT2D eigenvalue weighted by Gasteiger charge is -2.18. The Kier molecular flexibility index (Phi) is 4.43. The summed E-state index contributed by atoms with van der Waals surface area (Å²) in [5.41, 5.74) is 1.32. The molecule has 0 spiro atoms. The number of likely N-dealkylation sites (tertiary alicyclic amines) is 1. The Morgan fingerprint density at radius 1 is 1.46 bits per heavy atom. The van der Waals surface area contributed by atoms with Gasteiger partial charge >= 0.3 is 0 Å². The van der Waals surface area contributed by atoms with E-state index in [-0.39, 0.29) is 0 Å². The van der Waals surface area contributed by atoms with Crippen molar-refractivity contribution in [2.45, 2.75) is 39.3 Å². The lowest BCUT2D eigenvalue weighted by molar-refractivity contribution is 0.221. The molecule has 76 valence electrons. The highest BCUT2D eigenvalue weighted by atomic mass is 19.1. The molecule has 0 aliphatic carbocycles. The zero-order valence-corrected chi connectivity index (χ0v) is 8.72. The normalized spacial score (nSPS) is 25.3. The number of halogens is 1. The Morgan fingerprint density at radius 3 is 2.92 bits per heavy atom. The average Bonchev–Trinajstić information content (AvgIpc) is 2.26. The van der Waals surface area contributed by atoms with E-state index in [2.05, 4.69) is 24.8 Å². The molecule has 13 heavy (non-hydrogen) atoms. The van der Waals surface area contributed by atoms with Crippen LogP contribution in [0, 0.1) is 0 Å². The van der Waals surface area contributed by atoms with Crippen LogP contribution in [0.2, 0.25) is 0 Å². The molecule has 0 radical (unpaired) electrons. The molecule has 0 aromatic heterocycles. The highest BCUT2D eigenvalue weighted by Gasteiger charge is 2.15. The maximum atomic E-state index is 13.2. The Hall–Kier alpha value is -0.370. The lowest BCUT2D eigenvalue weighted by atomic mass is 10.2. The number of allylic oxidation sites excluding steroid dienone is 1. The molecule has 2 heteroatoms. The molecule has 1 unspecified atom stereocenters. The Morgan fingerprint density at radius 2 is 2.23 bits per heavy atom. The molecule has 1 atom stereocenters. The third-order valence-electron chi connectivity index (χ3n) is 2.46. The van der Waals surface area contributed by atoms with Crippen molar-refractivity contribution in [2.24, 2.45) is 0 Å². The second-order valence-corrected chi connectivity index (χ2v) is 4.13. The summed E-state index contributed by atoms with van der Waals surface area (Å²) < 4.78 is 13.2. The van der Waals surface area contributed by atoms with Crippen molar-refractivity contribution in [2.75, 3.05) is 19.6 Å². The molecule has 0 aromatic carbocycles. The topological polar surface area (TPSA) is 3.24 Å². The number of hydrogen-bond acceptors (Lipinski definition) is 1. The molecule has 1 fully saturated rings. The smallest absolute Gasteiger partial charge is 0.113 e. The monoisotopic (exact) mass is 185 g/mol. The lowest BCUT2D eigenvalue weighted by Crippen LogP contribution is -2.29. The van der Waals surface area contributed by atoms with Gasteiger partial charge in [-0.15, -0.1) is 0 Å². The summed E-state index contributed by atoms with van der Waals surface area (Å²) in [6.45, 7) is 6.78. The van der Waals surface area contributed by atoms with E-state index in [1.165, 1.54) is 5.57 Å². The molecule has 0 amide bonds. The van der Waals surface area contributed by atoms with Gasteiger partial charge < -0.3 is 0 Å². The molecule has 1 saturated heterocycles. The number of hydrogen-bond donors (Lipinski definition) is 0. The molecule has 0 saturated carbocycles. The van der Waals surface area contributed by atoms with Gasteiger partial charge in [0.2, 0.25) is 0 Å². The van der Waals surface area contributed by atoms with Crippen LogP contribution in [0.3, 0.4) is 0 Å². The summed E-state index contributed by atoms with van der Waals surface area (Å²) in [5, 5.41) is 0. The van der Waals surface area contributed by atoms with Crippen LogP contribution < -0.4 is 0 Å². The molecule has 0 aromatic rings. The van der Waals surface area contributed by atoms with Crippen LogP contribution in [0.15, 0.2) is 11.6 Å². The summed E-state index contributed by atoms with van der Waals surface area (Å²) in [4.78, 5) is 2.21. The van der Waals surface area contributed by atoms with Crippen LogP contribution in [0.5, 0.6) is 0 Å². The van der Waals surface area contributed by atoms with Gasteiger partial charge in [-0.05, 0) is 39.7 Å². The van der Waals surface area contributed by atoms with Crippen molar-refractivity contribution in [1.29, 1.82) is 0 Å². The van der Waals surface area contributed by atoms with Crippen molar-refractivity contribution >= 4 is 0 Å². The van der Waals surface area contributed by atoms with Crippen molar-refractivity contribution in [3.8, 4) is 0 Å². The molecule has 1 aliphatic heterocycles.